The maximum atomic E-state index is 4.34. The van der Waals surface area contributed by atoms with Gasteiger partial charge in [-0.3, -0.25) is 9.97 Å². The highest BCUT2D eigenvalue weighted by Gasteiger charge is 2.16. The number of nitrogens with zero attached hydrogens (tertiary/aromatic N) is 3. The average Bonchev–Trinajstić information content (AvgIpc) is 2.41. The van der Waals surface area contributed by atoms with Crippen LogP contribution in [0.15, 0.2) is 30.6 Å². The van der Waals surface area contributed by atoms with E-state index in [-0.39, 0.29) is 0 Å². The standard InChI is InChI=1S/C14H18N4/c1-18-8-4-11(5-9-18)17-12-2-3-13-14(10-12)16-7-6-15-13/h2-3,6-7,10-11,17H,4-5,8-9H2,1H3. The van der Waals surface area contributed by atoms with E-state index in [4.69, 9.17) is 0 Å². The van der Waals surface area contributed by atoms with E-state index in [0.717, 1.165) is 16.7 Å². The van der Waals surface area contributed by atoms with E-state index in [0.29, 0.717) is 6.04 Å². The summed E-state index contributed by atoms with van der Waals surface area (Å²) in [5.41, 5.74) is 3.06. The minimum Gasteiger partial charge on any atom is -0.382 e. The molecule has 1 saturated heterocycles. The Morgan fingerprint density at radius 2 is 1.83 bits per heavy atom. The number of hydrogen-bond acceptors (Lipinski definition) is 4. The molecule has 1 aliphatic rings. The Bertz CT molecular complexity index is 532. The van der Waals surface area contributed by atoms with Gasteiger partial charge < -0.3 is 10.2 Å². The molecule has 4 heteroatoms. The first-order valence-electron chi connectivity index (χ1n) is 6.47. The van der Waals surface area contributed by atoms with Gasteiger partial charge in [0.1, 0.15) is 0 Å². The Labute approximate surface area is 107 Å². The molecule has 3 rings (SSSR count). The van der Waals surface area contributed by atoms with Crippen molar-refractivity contribution < 1.29 is 0 Å². The van der Waals surface area contributed by atoms with Crippen molar-refractivity contribution in [2.24, 2.45) is 0 Å². The summed E-state index contributed by atoms with van der Waals surface area (Å²) < 4.78 is 0. The van der Waals surface area contributed by atoms with E-state index in [1.54, 1.807) is 12.4 Å². The molecule has 4 nitrogen and oxygen atoms in total. The first-order chi connectivity index (χ1) is 8.81. The van der Waals surface area contributed by atoms with Crippen molar-refractivity contribution in [3.63, 3.8) is 0 Å². The number of anilines is 1. The second-order valence-electron chi connectivity index (χ2n) is 4.98. The number of fused-ring (bicyclic) bond motifs is 1. The number of piperidine rings is 1. The lowest BCUT2D eigenvalue weighted by Gasteiger charge is -2.30. The predicted molar refractivity (Wildman–Crippen MR) is 73.7 cm³/mol. The Morgan fingerprint density at radius 1 is 1.11 bits per heavy atom. The van der Waals surface area contributed by atoms with E-state index < -0.39 is 0 Å². The van der Waals surface area contributed by atoms with Crippen LogP contribution in [0.1, 0.15) is 12.8 Å². The van der Waals surface area contributed by atoms with Gasteiger partial charge in [-0.25, -0.2) is 0 Å². The number of likely N-dealkylation sites (tertiary alicyclic amines) is 1. The van der Waals surface area contributed by atoms with Crippen molar-refractivity contribution in [1.29, 1.82) is 0 Å². The first kappa shape index (κ1) is 11.4. The van der Waals surface area contributed by atoms with Crippen molar-refractivity contribution in [1.82, 2.24) is 14.9 Å². The normalized spacial score (nSPS) is 18.1. The molecule has 0 spiro atoms. The molecular formula is C14H18N4. The smallest absolute Gasteiger partial charge is 0.0907 e. The minimum atomic E-state index is 0.579. The van der Waals surface area contributed by atoms with Crippen LogP contribution in [0.25, 0.3) is 11.0 Å². The maximum absolute atomic E-state index is 4.34. The summed E-state index contributed by atoms with van der Waals surface area (Å²) in [6, 6.07) is 6.78. The third-order valence-corrected chi connectivity index (χ3v) is 3.56. The molecule has 2 heterocycles. The summed E-state index contributed by atoms with van der Waals surface area (Å²) in [5, 5.41) is 3.60. The van der Waals surface area contributed by atoms with Crippen molar-refractivity contribution in [2.75, 3.05) is 25.5 Å². The van der Waals surface area contributed by atoms with Gasteiger partial charge in [-0.1, -0.05) is 0 Å². The van der Waals surface area contributed by atoms with Crippen LogP contribution in [0.3, 0.4) is 0 Å². The minimum absolute atomic E-state index is 0.579. The molecule has 18 heavy (non-hydrogen) atoms. The highest BCUT2D eigenvalue weighted by Crippen LogP contribution is 2.19. The molecule has 1 fully saturated rings. The number of nitrogens with one attached hydrogen (secondary N) is 1. The third-order valence-electron chi connectivity index (χ3n) is 3.56. The van der Waals surface area contributed by atoms with Crippen LogP contribution >= 0.6 is 0 Å². The van der Waals surface area contributed by atoms with Gasteiger partial charge in [-0.05, 0) is 51.2 Å². The second-order valence-corrected chi connectivity index (χ2v) is 4.98. The maximum Gasteiger partial charge on any atom is 0.0907 e. The molecule has 1 aromatic carbocycles. The van der Waals surface area contributed by atoms with Crippen LogP contribution in [0.2, 0.25) is 0 Å². The van der Waals surface area contributed by atoms with Crippen LogP contribution in [-0.2, 0) is 0 Å². The fraction of sp³-hybridized carbons (Fsp3) is 0.429. The van der Waals surface area contributed by atoms with Gasteiger partial charge in [0.2, 0.25) is 0 Å². The van der Waals surface area contributed by atoms with Crippen molar-refractivity contribution in [3.8, 4) is 0 Å². The molecule has 0 atom stereocenters. The van der Waals surface area contributed by atoms with Gasteiger partial charge in [0.15, 0.2) is 0 Å². The van der Waals surface area contributed by atoms with Crippen molar-refractivity contribution in [2.45, 2.75) is 18.9 Å². The van der Waals surface area contributed by atoms with Crippen LogP contribution < -0.4 is 5.32 Å². The zero-order chi connectivity index (χ0) is 12.4. The molecule has 94 valence electrons. The lowest BCUT2D eigenvalue weighted by atomic mass is 10.1. The Hall–Kier alpha value is -1.68. The average molecular weight is 242 g/mol. The molecule has 1 N–H and O–H groups in total. The summed E-state index contributed by atoms with van der Waals surface area (Å²) in [4.78, 5) is 11.0. The summed E-state index contributed by atoms with van der Waals surface area (Å²) in [7, 11) is 2.18. The van der Waals surface area contributed by atoms with Crippen molar-refractivity contribution >= 4 is 16.7 Å². The Balaban J connectivity index is 1.74. The lowest BCUT2D eigenvalue weighted by molar-refractivity contribution is 0.264. The summed E-state index contributed by atoms with van der Waals surface area (Å²) >= 11 is 0. The van der Waals surface area contributed by atoms with Crippen LogP contribution in [0, 0.1) is 0 Å². The van der Waals surface area contributed by atoms with Crippen LogP contribution in [-0.4, -0.2) is 41.0 Å². The molecule has 0 aliphatic carbocycles. The van der Waals surface area contributed by atoms with Gasteiger partial charge in [-0.15, -0.1) is 0 Å². The predicted octanol–water partition coefficient (Wildman–Crippen LogP) is 2.14. The zero-order valence-electron chi connectivity index (χ0n) is 10.6. The largest absolute Gasteiger partial charge is 0.382 e. The van der Waals surface area contributed by atoms with E-state index in [9.17, 15) is 0 Å². The first-order valence-corrected chi connectivity index (χ1v) is 6.47. The molecule has 0 unspecified atom stereocenters. The fourth-order valence-corrected chi connectivity index (χ4v) is 2.44. The van der Waals surface area contributed by atoms with E-state index in [1.807, 2.05) is 6.07 Å². The van der Waals surface area contributed by atoms with Gasteiger partial charge in [0.05, 0.1) is 11.0 Å². The monoisotopic (exact) mass is 242 g/mol. The van der Waals surface area contributed by atoms with E-state index >= 15 is 0 Å². The zero-order valence-corrected chi connectivity index (χ0v) is 10.6. The SMILES string of the molecule is CN1CCC(Nc2ccc3nccnc3c2)CC1. The summed E-state index contributed by atoms with van der Waals surface area (Å²) in [6.07, 6.45) is 5.87. The van der Waals surface area contributed by atoms with Crippen LogP contribution in [0.4, 0.5) is 5.69 Å². The third kappa shape index (κ3) is 2.43. The highest BCUT2D eigenvalue weighted by molar-refractivity contribution is 5.78. The number of rotatable bonds is 2. The molecular weight excluding hydrogens is 224 g/mol. The van der Waals surface area contributed by atoms with Gasteiger partial charge in [0, 0.05) is 24.1 Å². The Morgan fingerprint density at radius 3 is 2.61 bits per heavy atom. The number of hydrogen-bond donors (Lipinski definition) is 1. The molecule has 0 radical (unpaired) electrons. The van der Waals surface area contributed by atoms with E-state index in [1.165, 1.54) is 25.9 Å². The topological polar surface area (TPSA) is 41.0 Å². The van der Waals surface area contributed by atoms with Gasteiger partial charge in [-0.2, -0.15) is 0 Å². The molecule has 0 amide bonds. The summed E-state index contributed by atoms with van der Waals surface area (Å²) in [6.45, 7) is 2.34. The number of benzene rings is 1. The lowest BCUT2D eigenvalue weighted by Crippen LogP contribution is -2.36. The second kappa shape index (κ2) is 4.90. The van der Waals surface area contributed by atoms with E-state index in [2.05, 4.69) is 39.4 Å². The molecule has 0 bridgehead atoms. The van der Waals surface area contributed by atoms with Crippen LogP contribution in [0.5, 0.6) is 0 Å². The quantitative estimate of drug-likeness (QED) is 0.876. The molecule has 0 saturated carbocycles. The van der Waals surface area contributed by atoms with Gasteiger partial charge in [0.25, 0.3) is 0 Å². The molecule has 1 aliphatic heterocycles. The molecule has 2 aromatic rings. The number of aromatic nitrogens is 2. The Kier molecular flexibility index (Phi) is 3.11. The van der Waals surface area contributed by atoms with Crippen molar-refractivity contribution in [3.05, 3.63) is 30.6 Å². The highest BCUT2D eigenvalue weighted by atomic mass is 15.1. The molecule has 1 aromatic heterocycles. The summed E-state index contributed by atoms with van der Waals surface area (Å²) in [5.74, 6) is 0. The van der Waals surface area contributed by atoms with Gasteiger partial charge >= 0.3 is 0 Å². The fourth-order valence-electron chi connectivity index (χ4n) is 2.44.